The molecule has 0 aliphatic rings. The van der Waals surface area contributed by atoms with Gasteiger partial charge >= 0.3 is 0 Å². The molecule has 0 aromatic heterocycles. The predicted octanol–water partition coefficient (Wildman–Crippen LogP) is 5.86. The number of Topliss-reactive ketones (excluding diaryl/α,β-unsaturated/α-hetero) is 1. The first-order valence-electron chi connectivity index (χ1n) is 10.0. The molecule has 0 heterocycles. The smallest absolute Gasteiger partial charge is 0.176 e. The van der Waals surface area contributed by atoms with E-state index in [-0.39, 0.29) is 16.4 Å². The average molecular weight is 433 g/mol. The lowest BCUT2D eigenvalue weighted by molar-refractivity contribution is 0.0950. The minimum Gasteiger partial charge on any atom is -0.497 e. The first-order chi connectivity index (χ1) is 14.3. The number of hydrogen-bond acceptors (Lipinski definition) is 6. The normalized spacial score (nSPS) is 12.3. The van der Waals surface area contributed by atoms with Crippen LogP contribution >= 0.6 is 11.8 Å². The SMILES string of the molecule is CCOCCSC(C(=O)c1ccc(Oc2ccc(OC)cc2OC)cc1)C(C)(C)C. The van der Waals surface area contributed by atoms with E-state index in [2.05, 4.69) is 20.8 Å². The maximum absolute atomic E-state index is 13.2. The molecular weight excluding hydrogens is 400 g/mol. The van der Waals surface area contributed by atoms with Gasteiger partial charge in [0.15, 0.2) is 17.3 Å². The predicted molar refractivity (Wildman–Crippen MR) is 123 cm³/mol. The molecule has 0 aliphatic heterocycles. The number of methoxy groups -OCH3 is 2. The van der Waals surface area contributed by atoms with Gasteiger partial charge in [0, 0.05) is 24.0 Å². The third-order valence-electron chi connectivity index (χ3n) is 4.48. The summed E-state index contributed by atoms with van der Waals surface area (Å²) in [7, 11) is 3.18. The number of carbonyl (C=O) groups is 1. The van der Waals surface area contributed by atoms with Gasteiger partial charge in [-0.3, -0.25) is 4.79 Å². The van der Waals surface area contributed by atoms with Crippen molar-refractivity contribution in [3.63, 3.8) is 0 Å². The second-order valence-electron chi connectivity index (χ2n) is 7.82. The van der Waals surface area contributed by atoms with E-state index < -0.39 is 0 Å². The van der Waals surface area contributed by atoms with Crippen LogP contribution in [0.15, 0.2) is 42.5 Å². The van der Waals surface area contributed by atoms with Crippen LogP contribution in [0.4, 0.5) is 0 Å². The first kappa shape index (κ1) is 24.1. The lowest BCUT2D eigenvalue weighted by atomic mass is 9.87. The second kappa shape index (κ2) is 11.3. The van der Waals surface area contributed by atoms with E-state index in [1.165, 1.54) is 0 Å². The van der Waals surface area contributed by atoms with Crippen molar-refractivity contribution in [3.8, 4) is 23.0 Å². The summed E-state index contributed by atoms with van der Waals surface area (Å²) in [6, 6.07) is 12.6. The molecule has 0 saturated heterocycles. The van der Waals surface area contributed by atoms with Gasteiger partial charge in [-0.1, -0.05) is 20.8 Å². The van der Waals surface area contributed by atoms with Crippen molar-refractivity contribution in [2.24, 2.45) is 5.41 Å². The Labute approximate surface area is 184 Å². The molecule has 0 N–H and O–H groups in total. The molecule has 30 heavy (non-hydrogen) atoms. The molecule has 0 amide bonds. The Morgan fingerprint density at radius 2 is 1.63 bits per heavy atom. The van der Waals surface area contributed by atoms with E-state index >= 15 is 0 Å². The second-order valence-corrected chi connectivity index (χ2v) is 9.03. The Hall–Kier alpha value is -2.18. The zero-order valence-electron chi connectivity index (χ0n) is 18.7. The molecule has 0 aliphatic carbocycles. The molecule has 1 atom stereocenters. The molecule has 6 heteroatoms. The highest BCUT2D eigenvalue weighted by atomic mass is 32.2. The fourth-order valence-electron chi connectivity index (χ4n) is 2.91. The van der Waals surface area contributed by atoms with Crippen molar-refractivity contribution in [1.29, 1.82) is 0 Å². The summed E-state index contributed by atoms with van der Waals surface area (Å²) in [5.74, 6) is 3.39. The molecule has 0 saturated carbocycles. The van der Waals surface area contributed by atoms with Crippen LogP contribution in [-0.4, -0.2) is 44.2 Å². The average Bonchev–Trinajstić information content (AvgIpc) is 2.73. The third-order valence-corrected chi connectivity index (χ3v) is 6.14. The summed E-state index contributed by atoms with van der Waals surface area (Å²) in [4.78, 5) is 13.2. The summed E-state index contributed by atoms with van der Waals surface area (Å²) >= 11 is 1.65. The van der Waals surface area contributed by atoms with Crippen molar-refractivity contribution in [3.05, 3.63) is 48.0 Å². The zero-order valence-corrected chi connectivity index (χ0v) is 19.5. The van der Waals surface area contributed by atoms with E-state index in [0.717, 1.165) is 5.75 Å². The van der Waals surface area contributed by atoms with Crippen LogP contribution in [0.25, 0.3) is 0 Å². The van der Waals surface area contributed by atoms with Crippen LogP contribution in [-0.2, 0) is 4.74 Å². The maximum atomic E-state index is 13.2. The minimum absolute atomic E-state index is 0.123. The molecule has 0 spiro atoms. The quantitative estimate of drug-likeness (QED) is 0.327. The van der Waals surface area contributed by atoms with E-state index in [9.17, 15) is 4.79 Å². The summed E-state index contributed by atoms with van der Waals surface area (Å²) in [5.41, 5.74) is 0.521. The molecule has 164 valence electrons. The lowest BCUT2D eigenvalue weighted by Gasteiger charge is -2.29. The zero-order chi connectivity index (χ0) is 22.1. The number of carbonyl (C=O) groups excluding carboxylic acids is 1. The number of benzene rings is 2. The standard InChI is InChI=1S/C24H32O5S/c1-7-28-14-15-30-23(24(2,3)4)22(25)17-8-10-18(11-9-17)29-20-13-12-19(26-5)16-21(20)27-6/h8-13,16,23H,7,14-15H2,1-6H3. The summed E-state index contributed by atoms with van der Waals surface area (Å²) in [6.45, 7) is 9.60. The number of thioether (sulfide) groups is 1. The molecule has 2 rings (SSSR count). The van der Waals surface area contributed by atoms with Crippen LogP contribution in [0.2, 0.25) is 0 Å². The Balaban J connectivity index is 2.12. The molecule has 2 aromatic carbocycles. The third kappa shape index (κ3) is 6.67. The molecule has 5 nitrogen and oxygen atoms in total. The van der Waals surface area contributed by atoms with E-state index in [1.54, 1.807) is 38.1 Å². The Bertz CT molecular complexity index is 811. The number of hydrogen-bond donors (Lipinski definition) is 0. The summed E-state index contributed by atoms with van der Waals surface area (Å²) in [6.07, 6.45) is 0. The van der Waals surface area contributed by atoms with Crippen molar-refractivity contribution in [2.45, 2.75) is 32.9 Å². The fourth-order valence-corrected chi connectivity index (χ4v) is 4.15. The van der Waals surface area contributed by atoms with Crippen molar-refractivity contribution in [2.75, 3.05) is 33.2 Å². The molecule has 1 unspecified atom stereocenters. The largest absolute Gasteiger partial charge is 0.497 e. The van der Waals surface area contributed by atoms with Gasteiger partial charge in [-0.15, -0.1) is 11.8 Å². The highest BCUT2D eigenvalue weighted by Crippen LogP contribution is 2.36. The van der Waals surface area contributed by atoms with Crippen LogP contribution in [0.3, 0.4) is 0 Å². The van der Waals surface area contributed by atoms with Gasteiger partial charge in [-0.2, -0.15) is 0 Å². The van der Waals surface area contributed by atoms with Gasteiger partial charge in [-0.25, -0.2) is 0 Å². The highest BCUT2D eigenvalue weighted by molar-refractivity contribution is 8.00. The van der Waals surface area contributed by atoms with Crippen molar-refractivity contribution < 1.29 is 23.7 Å². The highest BCUT2D eigenvalue weighted by Gasteiger charge is 2.32. The fraction of sp³-hybridized carbons (Fsp3) is 0.458. The van der Waals surface area contributed by atoms with Crippen molar-refractivity contribution >= 4 is 17.5 Å². The van der Waals surface area contributed by atoms with Crippen LogP contribution < -0.4 is 14.2 Å². The van der Waals surface area contributed by atoms with Crippen LogP contribution in [0.5, 0.6) is 23.0 Å². The van der Waals surface area contributed by atoms with Crippen LogP contribution in [0, 0.1) is 5.41 Å². The topological polar surface area (TPSA) is 54.0 Å². The van der Waals surface area contributed by atoms with Gasteiger partial charge < -0.3 is 18.9 Å². The maximum Gasteiger partial charge on any atom is 0.176 e. The Kier molecular flexibility index (Phi) is 9.06. The van der Waals surface area contributed by atoms with E-state index in [0.29, 0.717) is 41.8 Å². The molecule has 0 radical (unpaired) electrons. The van der Waals surface area contributed by atoms with Gasteiger partial charge in [0.1, 0.15) is 11.5 Å². The summed E-state index contributed by atoms with van der Waals surface area (Å²) in [5, 5.41) is -0.147. The monoisotopic (exact) mass is 432 g/mol. The lowest BCUT2D eigenvalue weighted by Crippen LogP contribution is -2.32. The number of rotatable bonds is 11. The summed E-state index contributed by atoms with van der Waals surface area (Å²) < 4.78 is 21.9. The Morgan fingerprint density at radius 3 is 2.20 bits per heavy atom. The first-order valence-corrected chi connectivity index (χ1v) is 11.1. The molecule has 2 aromatic rings. The van der Waals surface area contributed by atoms with Gasteiger partial charge in [0.2, 0.25) is 0 Å². The minimum atomic E-state index is -0.153. The van der Waals surface area contributed by atoms with Gasteiger partial charge in [0.25, 0.3) is 0 Å². The molecular formula is C24H32O5S. The van der Waals surface area contributed by atoms with Crippen molar-refractivity contribution in [1.82, 2.24) is 0 Å². The number of ether oxygens (including phenoxy) is 4. The van der Waals surface area contributed by atoms with Gasteiger partial charge in [0.05, 0.1) is 26.1 Å². The van der Waals surface area contributed by atoms with Crippen LogP contribution in [0.1, 0.15) is 38.1 Å². The van der Waals surface area contributed by atoms with Gasteiger partial charge in [-0.05, 0) is 48.7 Å². The number of ketones is 1. The molecule has 0 fully saturated rings. The Morgan fingerprint density at radius 1 is 0.967 bits per heavy atom. The molecule has 0 bridgehead atoms. The van der Waals surface area contributed by atoms with E-state index in [1.807, 2.05) is 37.3 Å². The van der Waals surface area contributed by atoms with E-state index in [4.69, 9.17) is 18.9 Å².